The summed E-state index contributed by atoms with van der Waals surface area (Å²) in [7, 11) is 1.52. The molecule has 1 fully saturated rings. The minimum absolute atomic E-state index is 0.00178. The molecule has 4 rings (SSSR count). The zero-order chi connectivity index (χ0) is 23.5. The molecule has 1 aromatic heterocycles. The van der Waals surface area contributed by atoms with E-state index in [1.54, 1.807) is 60.7 Å². The average molecular weight is 447 g/mol. The van der Waals surface area contributed by atoms with Gasteiger partial charge in [0.05, 0.1) is 37.6 Å². The number of aliphatic hydroxyl groups excluding tert-OH is 1. The topological polar surface area (TPSA) is 89.2 Å². The predicted octanol–water partition coefficient (Wildman–Crippen LogP) is 4.70. The van der Waals surface area contributed by atoms with Gasteiger partial charge in [-0.15, -0.1) is 0 Å². The van der Waals surface area contributed by atoms with Gasteiger partial charge in [-0.3, -0.25) is 9.59 Å². The van der Waals surface area contributed by atoms with Gasteiger partial charge in [-0.1, -0.05) is 18.2 Å². The molecule has 0 spiro atoms. The van der Waals surface area contributed by atoms with Crippen LogP contribution in [0.1, 0.15) is 36.8 Å². The molecule has 0 aliphatic carbocycles. The molecule has 1 aliphatic rings. The van der Waals surface area contributed by atoms with Crippen LogP contribution in [0.2, 0.25) is 0 Å². The molecule has 1 aliphatic heterocycles. The summed E-state index contributed by atoms with van der Waals surface area (Å²) in [6.45, 7) is 3.90. The van der Waals surface area contributed by atoms with Crippen LogP contribution in [0.15, 0.2) is 76.9 Å². The van der Waals surface area contributed by atoms with Crippen LogP contribution < -0.4 is 9.47 Å². The van der Waals surface area contributed by atoms with E-state index in [4.69, 9.17) is 13.9 Å². The van der Waals surface area contributed by atoms with Crippen molar-refractivity contribution in [2.75, 3.05) is 7.11 Å². The molecule has 1 saturated heterocycles. The molecule has 33 heavy (non-hydrogen) atoms. The van der Waals surface area contributed by atoms with Crippen molar-refractivity contribution in [3.8, 4) is 11.5 Å². The number of carbonyl (C=O) groups is 2. The molecule has 1 N–H and O–H groups in total. The van der Waals surface area contributed by atoms with Gasteiger partial charge in [0.15, 0.2) is 0 Å². The maximum atomic E-state index is 13.1. The summed E-state index contributed by atoms with van der Waals surface area (Å²) in [6.07, 6.45) is 1.51. The van der Waals surface area contributed by atoms with Crippen molar-refractivity contribution in [3.63, 3.8) is 0 Å². The number of ether oxygens (including phenoxy) is 2. The second-order valence-corrected chi connectivity index (χ2v) is 7.94. The zero-order valence-corrected chi connectivity index (χ0v) is 18.6. The van der Waals surface area contributed by atoms with Crippen LogP contribution >= 0.6 is 0 Å². The quantitative estimate of drug-likeness (QED) is 0.321. The Morgan fingerprint density at radius 2 is 1.79 bits per heavy atom. The van der Waals surface area contributed by atoms with Crippen molar-refractivity contribution >= 4 is 17.4 Å². The van der Waals surface area contributed by atoms with E-state index in [2.05, 4.69) is 0 Å². The third-order valence-corrected chi connectivity index (χ3v) is 5.38. The first-order valence-electron chi connectivity index (χ1n) is 10.6. The fraction of sp³-hybridized carbons (Fsp3) is 0.231. The molecule has 7 nitrogen and oxygen atoms in total. The second kappa shape index (κ2) is 9.24. The van der Waals surface area contributed by atoms with Crippen molar-refractivity contribution in [2.45, 2.75) is 32.5 Å². The largest absolute Gasteiger partial charge is 0.507 e. The standard InChI is InChI=1S/C26H25NO6/c1-16(2)33-18-12-10-17(11-13-18)24(28)22-23(20-8-4-5-9-21(20)31-3)27(26(30)25(22)29)15-19-7-6-14-32-19/h4-14,16,23,28H,15H2,1-3H3/b24-22-. The number of benzene rings is 2. The zero-order valence-electron chi connectivity index (χ0n) is 18.6. The lowest BCUT2D eigenvalue weighted by Gasteiger charge is -2.25. The number of para-hydroxylation sites is 1. The lowest BCUT2D eigenvalue weighted by atomic mass is 9.94. The number of furan rings is 1. The van der Waals surface area contributed by atoms with Gasteiger partial charge in [0.2, 0.25) is 0 Å². The molecule has 3 aromatic rings. The molecular weight excluding hydrogens is 422 g/mol. The Bertz CT molecular complexity index is 1180. The fourth-order valence-electron chi connectivity index (χ4n) is 3.95. The number of ketones is 1. The van der Waals surface area contributed by atoms with Gasteiger partial charge in [-0.05, 0) is 56.3 Å². The van der Waals surface area contributed by atoms with Crippen LogP contribution in [0.25, 0.3) is 5.76 Å². The van der Waals surface area contributed by atoms with Gasteiger partial charge in [-0.25, -0.2) is 0 Å². The van der Waals surface area contributed by atoms with Crippen LogP contribution in [-0.4, -0.2) is 34.9 Å². The smallest absolute Gasteiger partial charge is 0.296 e. The maximum absolute atomic E-state index is 13.1. The maximum Gasteiger partial charge on any atom is 0.296 e. The number of carbonyl (C=O) groups excluding carboxylic acids is 2. The molecule has 0 radical (unpaired) electrons. The third kappa shape index (κ3) is 4.35. The summed E-state index contributed by atoms with van der Waals surface area (Å²) in [5, 5.41) is 11.2. The van der Waals surface area contributed by atoms with Crippen molar-refractivity contribution in [1.82, 2.24) is 4.90 Å². The number of aliphatic hydroxyl groups is 1. The van der Waals surface area contributed by atoms with E-state index in [-0.39, 0.29) is 24.0 Å². The summed E-state index contributed by atoms with van der Waals surface area (Å²) in [4.78, 5) is 27.6. The molecule has 1 amide bonds. The highest BCUT2D eigenvalue weighted by atomic mass is 16.5. The van der Waals surface area contributed by atoms with Gasteiger partial charge in [0.25, 0.3) is 11.7 Å². The molecule has 2 heterocycles. The number of methoxy groups -OCH3 is 1. The number of rotatable bonds is 7. The van der Waals surface area contributed by atoms with E-state index in [0.717, 1.165) is 0 Å². The Kier molecular flexibility index (Phi) is 6.22. The van der Waals surface area contributed by atoms with Crippen LogP contribution in [-0.2, 0) is 16.1 Å². The lowest BCUT2D eigenvalue weighted by Crippen LogP contribution is -2.29. The van der Waals surface area contributed by atoms with Crippen LogP contribution in [0, 0.1) is 0 Å². The van der Waals surface area contributed by atoms with Crippen molar-refractivity contribution in [2.24, 2.45) is 0 Å². The molecule has 0 saturated carbocycles. The van der Waals surface area contributed by atoms with Crippen LogP contribution in [0.5, 0.6) is 11.5 Å². The summed E-state index contributed by atoms with van der Waals surface area (Å²) in [5.41, 5.74) is 0.989. The minimum Gasteiger partial charge on any atom is -0.507 e. The molecule has 1 unspecified atom stereocenters. The number of hydrogen-bond donors (Lipinski definition) is 1. The van der Waals surface area contributed by atoms with E-state index in [1.165, 1.54) is 18.3 Å². The number of nitrogens with zero attached hydrogens (tertiary/aromatic N) is 1. The molecule has 170 valence electrons. The van der Waals surface area contributed by atoms with Gasteiger partial charge in [0.1, 0.15) is 23.0 Å². The number of amides is 1. The van der Waals surface area contributed by atoms with Crippen molar-refractivity contribution in [1.29, 1.82) is 0 Å². The van der Waals surface area contributed by atoms with E-state index in [1.807, 2.05) is 13.8 Å². The van der Waals surface area contributed by atoms with Crippen LogP contribution in [0.4, 0.5) is 0 Å². The van der Waals surface area contributed by atoms with Crippen molar-refractivity contribution in [3.05, 3.63) is 89.4 Å². The monoisotopic (exact) mass is 447 g/mol. The summed E-state index contributed by atoms with van der Waals surface area (Å²) >= 11 is 0. The summed E-state index contributed by atoms with van der Waals surface area (Å²) < 4.78 is 16.6. The SMILES string of the molecule is COc1ccccc1C1/C(=C(/O)c2ccc(OC(C)C)cc2)C(=O)C(=O)N1Cc1ccco1. The first kappa shape index (κ1) is 22.2. The number of hydrogen-bond acceptors (Lipinski definition) is 6. The number of likely N-dealkylation sites (tertiary alicyclic amines) is 1. The minimum atomic E-state index is -0.849. The van der Waals surface area contributed by atoms with Crippen molar-refractivity contribution < 1.29 is 28.6 Å². The Morgan fingerprint density at radius 3 is 2.42 bits per heavy atom. The summed E-state index contributed by atoms with van der Waals surface area (Å²) in [5.74, 6) is -0.0862. The molecule has 1 atom stereocenters. The lowest BCUT2D eigenvalue weighted by molar-refractivity contribution is -0.140. The number of Topliss-reactive ketones (excluding diaryl/α,β-unsaturated/α-hetero) is 1. The van der Waals surface area contributed by atoms with Gasteiger partial charge >= 0.3 is 0 Å². The highest BCUT2D eigenvalue weighted by Gasteiger charge is 2.47. The molecule has 2 aromatic carbocycles. The fourth-order valence-corrected chi connectivity index (χ4v) is 3.95. The first-order chi connectivity index (χ1) is 15.9. The Hall–Kier alpha value is -4.00. The molecule has 7 heteroatoms. The Morgan fingerprint density at radius 1 is 1.06 bits per heavy atom. The van der Waals surface area contributed by atoms with Gasteiger partial charge < -0.3 is 23.9 Å². The highest BCUT2D eigenvalue weighted by Crippen LogP contribution is 2.43. The normalized spacial score (nSPS) is 17.6. The predicted molar refractivity (Wildman–Crippen MR) is 122 cm³/mol. The highest BCUT2D eigenvalue weighted by molar-refractivity contribution is 6.46. The first-order valence-corrected chi connectivity index (χ1v) is 10.6. The summed E-state index contributed by atoms with van der Waals surface area (Å²) in [6, 6.07) is 16.5. The Labute approximate surface area is 191 Å². The Balaban J connectivity index is 1.83. The average Bonchev–Trinajstić information content (AvgIpc) is 3.41. The van der Waals surface area contributed by atoms with E-state index in [0.29, 0.717) is 28.4 Å². The van der Waals surface area contributed by atoms with Gasteiger partial charge in [-0.2, -0.15) is 0 Å². The van der Waals surface area contributed by atoms with Gasteiger partial charge in [0, 0.05) is 11.1 Å². The molecule has 0 bridgehead atoms. The molecular formula is C26H25NO6. The van der Waals surface area contributed by atoms with Crippen LogP contribution in [0.3, 0.4) is 0 Å². The third-order valence-electron chi connectivity index (χ3n) is 5.38. The second-order valence-electron chi connectivity index (χ2n) is 7.94. The van der Waals surface area contributed by atoms with E-state index in [9.17, 15) is 14.7 Å². The van der Waals surface area contributed by atoms with E-state index < -0.39 is 17.7 Å². The van der Waals surface area contributed by atoms with E-state index >= 15 is 0 Å².